The van der Waals surface area contributed by atoms with Crippen molar-refractivity contribution in [2.75, 3.05) is 88.7 Å². The van der Waals surface area contributed by atoms with Gasteiger partial charge in [0.25, 0.3) is 0 Å². The summed E-state index contributed by atoms with van der Waals surface area (Å²) in [4.78, 5) is 193. The van der Waals surface area contributed by atoms with E-state index in [1.807, 2.05) is 33.8 Å². The highest BCUT2D eigenvalue weighted by Crippen LogP contribution is 2.50. The lowest BCUT2D eigenvalue weighted by Gasteiger charge is -2.54. The van der Waals surface area contributed by atoms with E-state index in [-0.39, 0.29) is 95.4 Å². The molecule has 2 bridgehead atoms. The molecule has 12 atom stereocenters. The van der Waals surface area contributed by atoms with Gasteiger partial charge in [-0.3, -0.25) is 57.5 Å². The first-order valence-corrected chi connectivity index (χ1v) is 39.0. The second kappa shape index (κ2) is 37.1. The highest BCUT2D eigenvalue weighted by Gasteiger charge is 2.60. The molecule has 7 aliphatic rings. The smallest absolute Gasteiger partial charge is 0.376 e. The van der Waals surface area contributed by atoms with Crippen molar-refractivity contribution in [3.05, 3.63) is 12.2 Å². The van der Waals surface area contributed by atoms with Crippen LogP contribution in [-0.4, -0.2) is 282 Å². The van der Waals surface area contributed by atoms with E-state index in [0.717, 1.165) is 35.5 Å². The van der Waals surface area contributed by atoms with E-state index in [2.05, 4.69) is 22.9 Å². The average molecular weight is 1520 g/mol. The first-order chi connectivity index (χ1) is 50.1. The van der Waals surface area contributed by atoms with Crippen LogP contribution >= 0.6 is 0 Å². The molecule has 6 fully saturated rings. The summed E-state index contributed by atoms with van der Waals surface area (Å²) < 4.78 is 78.8. The fraction of sp³-hybridized carbons (Fsp3) is 0.818. The lowest BCUT2D eigenvalue weighted by molar-refractivity contribution is -0.219. The number of nitrogens with zero attached hydrogens (tertiary/aromatic N) is 9. The van der Waals surface area contributed by atoms with Crippen LogP contribution in [0.25, 0.3) is 0 Å². The van der Waals surface area contributed by atoms with Gasteiger partial charge in [-0.25, -0.2) is 8.78 Å². The summed E-state index contributed by atoms with van der Waals surface area (Å²) in [6, 6.07) is -10.8. The SMILES string of the molecule is CCO[C@H](C)[C@@H]1NC(=O)[C@H](CC(C)C)N(C)C(=O)C[C@@H](C(=O)N(C)CC)N(C)C(=O)[C@H](C2CCCC2)N(C)C(=O)C2(CC(C)(C)C2)NC(=O)[C@@H]2C[C@H](C)CN2C(=O)[C@H](CCC2CC(F)C(C(F)(F)F)C(F)C2)NC(=O)CN(C)C(=O)[C@H](CC2CCC(C)CC2)N2CC/C=C\C[C@@H](C2=O)N(C)C(=O)CN(C)C1=O. The van der Waals surface area contributed by atoms with Crippen molar-refractivity contribution in [2.24, 2.45) is 46.8 Å². The Kier molecular flexibility index (Phi) is 30.3. The Balaban J connectivity index is 1.33. The Labute approximate surface area is 629 Å². The van der Waals surface area contributed by atoms with Crippen molar-refractivity contribution in [3.63, 3.8) is 0 Å². The minimum absolute atomic E-state index is 0.000637. The highest BCUT2D eigenvalue weighted by atomic mass is 19.4. The van der Waals surface area contributed by atoms with Gasteiger partial charge in [-0.15, -0.1) is 0 Å². The predicted octanol–water partition coefficient (Wildman–Crippen LogP) is 6.44. The molecule has 12 amide bonds. The van der Waals surface area contributed by atoms with E-state index in [9.17, 15) is 37.1 Å². The van der Waals surface area contributed by atoms with E-state index in [0.29, 0.717) is 38.0 Å². The number of ether oxygens (including phenoxy) is 1. The lowest BCUT2D eigenvalue weighted by atomic mass is 9.58. The molecular formula is C77H123F5N12O13. The monoisotopic (exact) mass is 1520 g/mol. The Morgan fingerprint density at radius 2 is 1.28 bits per heavy atom. The quantitative estimate of drug-likeness (QED) is 0.132. The molecule has 30 heteroatoms. The summed E-state index contributed by atoms with van der Waals surface area (Å²) in [5.74, 6) is -13.2. The first kappa shape index (κ1) is 87.2. The van der Waals surface area contributed by atoms with Gasteiger partial charge in [-0.2, -0.15) is 13.2 Å². The summed E-state index contributed by atoms with van der Waals surface area (Å²) in [6.45, 7) is 15.3. The number of hydrogen-bond acceptors (Lipinski definition) is 13. The number of rotatable bonds is 13. The number of fused-ring (bicyclic) bond motifs is 3. The summed E-state index contributed by atoms with van der Waals surface area (Å²) in [7, 11) is 9.87. The standard InChI is InChI=1S/C77H123F5N12O13/c1-17-86(10)69(101)58-39-61(96)90(14)56(34-45(3)4)66(98)84-64(48(7)107-18-2)72(104)88(12)42-62(97)89(13)55-26-20-19-23-33-93(71(55)103)59(38-49-29-27-46(5)28-30-49)70(102)87(11)41-60(95)83-54(32-31-50-36-52(78)63(53(79)37-50)77(80,81)82)68(100)94-40-47(6)35-57(94)67(99)85-76(43-75(8,9)44-76)74(106)92(16)65(73(105)91(58)15)51-24-21-22-25-51/h19-20,45-59,63-65H,17-18,21-44H2,1-16H3,(H,83,95)(H,84,98)(H,85,99)/b20-19-/t46?,47-,48+,49?,50?,52?,53?,54-,55-,56-,57-,58-,59-,63?,64-,65-/m0/s1. The van der Waals surface area contributed by atoms with Gasteiger partial charge in [0.05, 0.1) is 25.6 Å². The van der Waals surface area contributed by atoms with Gasteiger partial charge in [0.15, 0.2) is 0 Å². The van der Waals surface area contributed by atoms with Crippen molar-refractivity contribution in [1.82, 2.24) is 60.0 Å². The highest BCUT2D eigenvalue weighted by molar-refractivity contribution is 6.01. The summed E-state index contributed by atoms with van der Waals surface area (Å²) in [5, 5.41) is 8.60. The molecule has 107 heavy (non-hydrogen) atoms. The number of carbonyl (C=O) groups excluding carboxylic acids is 12. The summed E-state index contributed by atoms with van der Waals surface area (Å²) in [5.41, 5.74) is -2.23. The van der Waals surface area contributed by atoms with Crippen molar-refractivity contribution in [1.29, 1.82) is 0 Å². The number of halogens is 5. The molecule has 25 nitrogen and oxygen atoms in total. The molecule has 604 valence electrons. The van der Waals surface area contributed by atoms with Crippen LogP contribution in [0.2, 0.25) is 0 Å². The van der Waals surface area contributed by atoms with Crippen molar-refractivity contribution in [2.45, 2.75) is 269 Å². The Hall–Kier alpha value is -7.01. The Morgan fingerprint density at radius 3 is 1.86 bits per heavy atom. The fourth-order valence-electron chi connectivity index (χ4n) is 17.9. The molecule has 0 aromatic carbocycles. The molecule has 0 radical (unpaired) electrons. The normalized spacial score (nSPS) is 32.5. The largest absolute Gasteiger partial charge is 0.397 e. The lowest BCUT2D eigenvalue weighted by Crippen LogP contribution is -2.71. The zero-order valence-electron chi connectivity index (χ0n) is 66.2. The second-order valence-electron chi connectivity index (χ2n) is 33.6. The molecule has 3 heterocycles. The zero-order chi connectivity index (χ0) is 79.6. The maximum Gasteiger partial charge on any atom is 0.397 e. The van der Waals surface area contributed by atoms with E-state index in [4.69, 9.17) is 4.74 Å². The van der Waals surface area contributed by atoms with Crippen LogP contribution in [0.5, 0.6) is 0 Å². The van der Waals surface area contributed by atoms with Crippen molar-refractivity contribution in [3.8, 4) is 0 Å². The maximum atomic E-state index is 15.8. The minimum atomic E-state index is -5.17. The Bertz CT molecular complexity index is 3200. The van der Waals surface area contributed by atoms with E-state index in [1.54, 1.807) is 33.8 Å². The fourth-order valence-corrected chi connectivity index (χ4v) is 17.9. The van der Waals surface area contributed by atoms with Crippen molar-refractivity contribution < 1.29 is 84.2 Å². The molecule has 7 rings (SSSR count). The van der Waals surface area contributed by atoms with E-state index in [1.165, 1.54) is 83.6 Å². The van der Waals surface area contributed by atoms with Gasteiger partial charge in [-0.05, 0) is 145 Å². The van der Waals surface area contributed by atoms with Gasteiger partial charge in [0.1, 0.15) is 72.1 Å². The van der Waals surface area contributed by atoms with Gasteiger partial charge in [0.2, 0.25) is 70.9 Å². The predicted molar refractivity (Wildman–Crippen MR) is 390 cm³/mol. The van der Waals surface area contributed by atoms with Crippen LogP contribution < -0.4 is 16.0 Å². The van der Waals surface area contributed by atoms with Crippen LogP contribution in [0.1, 0.15) is 191 Å². The third kappa shape index (κ3) is 21.3. The zero-order valence-corrected chi connectivity index (χ0v) is 66.2. The third-order valence-electron chi connectivity index (χ3n) is 24.0. The topological polar surface area (TPSA) is 279 Å². The molecule has 4 saturated carbocycles. The second-order valence-corrected chi connectivity index (χ2v) is 33.6. The van der Waals surface area contributed by atoms with E-state index < -0.39 is 205 Å². The number of nitrogens with one attached hydrogen (secondary N) is 3. The molecule has 3 aliphatic heterocycles. The Morgan fingerprint density at radius 1 is 0.664 bits per heavy atom. The maximum absolute atomic E-state index is 15.8. The molecule has 0 aromatic rings. The molecule has 0 aromatic heterocycles. The average Bonchev–Trinajstić information content (AvgIpc) is 1.73. The van der Waals surface area contributed by atoms with Crippen LogP contribution in [0.15, 0.2) is 12.2 Å². The van der Waals surface area contributed by atoms with Gasteiger partial charge >= 0.3 is 6.18 Å². The van der Waals surface area contributed by atoms with Crippen LogP contribution in [0, 0.1) is 46.8 Å². The molecule has 2 saturated heterocycles. The summed E-state index contributed by atoms with van der Waals surface area (Å²) >= 11 is 0. The first-order valence-electron chi connectivity index (χ1n) is 39.0. The molecule has 2 unspecified atom stereocenters. The minimum Gasteiger partial charge on any atom is -0.376 e. The van der Waals surface area contributed by atoms with Gasteiger partial charge < -0.3 is 64.8 Å². The van der Waals surface area contributed by atoms with Crippen LogP contribution in [0.4, 0.5) is 22.0 Å². The number of carbonyl (C=O) groups is 12. The number of likely N-dealkylation sites (N-methyl/N-ethyl adjacent to an activating group) is 7. The molecular weight excluding hydrogens is 1400 g/mol. The molecule has 1 spiro atoms. The number of amides is 12. The third-order valence-corrected chi connectivity index (χ3v) is 24.0. The number of hydrogen-bond donors (Lipinski definition) is 3. The van der Waals surface area contributed by atoms with Crippen molar-refractivity contribution >= 4 is 70.9 Å². The van der Waals surface area contributed by atoms with E-state index >= 15 is 42.3 Å². The number of alkyl halides is 5. The van der Waals surface area contributed by atoms with Gasteiger partial charge in [-0.1, -0.05) is 92.2 Å². The van der Waals surface area contributed by atoms with Crippen LogP contribution in [0.3, 0.4) is 0 Å². The van der Waals surface area contributed by atoms with Crippen LogP contribution in [-0.2, 0) is 62.3 Å². The molecule has 3 N–H and O–H groups in total. The summed E-state index contributed by atoms with van der Waals surface area (Å²) in [6.07, 6.45) is -4.14. The molecule has 4 aliphatic carbocycles. The van der Waals surface area contributed by atoms with Gasteiger partial charge in [0, 0.05) is 75.6 Å².